The van der Waals surface area contributed by atoms with Gasteiger partial charge in [-0.05, 0) is 48.6 Å². The van der Waals surface area contributed by atoms with Crippen LogP contribution in [0.4, 0.5) is 0 Å². The molecule has 2 heterocycles. The van der Waals surface area contributed by atoms with Crippen molar-refractivity contribution in [1.29, 1.82) is 0 Å². The van der Waals surface area contributed by atoms with Gasteiger partial charge in [-0.25, -0.2) is 4.98 Å². The lowest BCUT2D eigenvalue weighted by atomic mass is 9.85. The van der Waals surface area contributed by atoms with Crippen LogP contribution in [0.3, 0.4) is 0 Å². The van der Waals surface area contributed by atoms with E-state index in [1.165, 1.54) is 4.90 Å². The Balaban J connectivity index is 1.41. The number of nitrogens with one attached hydrogen (secondary N) is 2. The Labute approximate surface area is 229 Å². The van der Waals surface area contributed by atoms with Gasteiger partial charge in [0.2, 0.25) is 17.7 Å². The summed E-state index contributed by atoms with van der Waals surface area (Å²) >= 11 is 1.59. The van der Waals surface area contributed by atoms with Crippen LogP contribution in [0.25, 0.3) is 10.4 Å². The second kappa shape index (κ2) is 11.5. The van der Waals surface area contributed by atoms with Gasteiger partial charge in [-0.15, -0.1) is 11.3 Å². The minimum absolute atomic E-state index is 0.0722. The van der Waals surface area contributed by atoms with Crippen molar-refractivity contribution < 1.29 is 19.5 Å². The molecule has 1 saturated carbocycles. The molecule has 2 aliphatic rings. The lowest BCUT2D eigenvalue weighted by Gasteiger charge is -2.36. The number of amides is 3. The maximum atomic E-state index is 13.7. The van der Waals surface area contributed by atoms with E-state index in [4.69, 9.17) is 0 Å². The molecule has 9 heteroatoms. The molecule has 5 unspecified atom stereocenters. The van der Waals surface area contributed by atoms with Crippen molar-refractivity contribution in [3.05, 3.63) is 41.0 Å². The second-order valence-electron chi connectivity index (χ2n) is 12.0. The first-order chi connectivity index (χ1) is 17.9. The van der Waals surface area contributed by atoms with Crippen LogP contribution in [-0.2, 0) is 20.9 Å². The van der Waals surface area contributed by atoms with E-state index in [-0.39, 0.29) is 36.6 Å². The zero-order valence-electron chi connectivity index (χ0n) is 23.0. The normalized spacial score (nSPS) is 24.3. The van der Waals surface area contributed by atoms with E-state index >= 15 is 0 Å². The average Bonchev–Trinajstić information content (AvgIpc) is 3.60. The van der Waals surface area contributed by atoms with Crippen molar-refractivity contribution in [3.8, 4) is 10.4 Å². The Morgan fingerprint density at radius 2 is 1.84 bits per heavy atom. The summed E-state index contributed by atoms with van der Waals surface area (Å²) in [6.07, 6.45) is 2.06. The molecule has 1 aliphatic heterocycles. The van der Waals surface area contributed by atoms with Crippen molar-refractivity contribution in [2.24, 2.45) is 17.3 Å². The third-order valence-electron chi connectivity index (χ3n) is 7.76. The number of β-amino-alcohol motifs (C(OH)–C–C–N with tert-alkyl or cyclic N) is 1. The highest BCUT2D eigenvalue weighted by Gasteiger charge is 2.45. The first kappa shape index (κ1) is 28.2. The van der Waals surface area contributed by atoms with E-state index in [0.29, 0.717) is 12.5 Å². The monoisotopic (exact) mass is 540 g/mol. The Morgan fingerprint density at radius 3 is 2.42 bits per heavy atom. The average molecular weight is 541 g/mol. The first-order valence-corrected chi connectivity index (χ1v) is 14.4. The fourth-order valence-corrected chi connectivity index (χ4v) is 6.30. The highest BCUT2D eigenvalue weighted by Crippen LogP contribution is 2.32. The molecule has 4 rings (SSSR count). The van der Waals surface area contributed by atoms with Crippen LogP contribution in [0.15, 0.2) is 29.8 Å². The maximum Gasteiger partial charge on any atom is 0.246 e. The number of hydrogen-bond donors (Lipinski definition) is 3. The smallest absolute Gasteiger partial charge is 0.246 e. The summed E-state index contributed by atoms with van der Waals surface area (Å²) in [6, 6.07) is 6.39. The van der Waals surface area contributed by atoms with Gasteiger partial charge in [-0.2, -0.15) is 0 Å². The van der Waals surface area contributed by atoms with E-state index in [0.717, 1.165) is 41.0 Å². The van der Waals surface area contributed by atoms with Gasteiger partial charge in [0.05, 0.1) is 22.2 Å². The Bertz CT molecular complexity index is 1160. The summed E-state index contributed by atoms with van der Waals surface area (Å²) in [6.45, 7) is 10.2. The van der Waals surface area contributed by atoms with Crippen molar-refractivity contribution in [1.82, 2.24) is 20.5 Å². The Hall–Kier alpha value is -2.78. The summed E-state index contributed by atoms with van der Waals surface area (Å²) in [5.74, 6) is -0.305. The largest absolute Gasteiger partial charge is 0.391 e. The molecule has 1 saturated heterocycles. The lowest BCUT2D eigenvalue weighted by molar-refractivity contribution is -0.144. The van der Waals surface area contributed by atoms with Crippen LogP contribution in [0.2, 0.25) is 0 Å². The van der Waals surface area contributed by atoms with E-state index in [2.05, 4.69) is 22.5 Å². The summed E-state index contributed by atoms with van der Waals surface area (Å²) in [4.78, 5) is 46.8. The predicted molar refractivity (Wildman–Crippen MR) is 148 cm³/mol. The number of nitrogens with zero attached hydrogens (tertiary/aromatic N) is 2. The molecule has 1 aliphatic carbocycles. The number of aliphatic hydroxyl groups excluding tert-OH is 1. The summed E-state index contributed by atoms with van der Waals surface area (Å²) in [5.41, 5.74) is 4.28. The standard InChI is InChI=1S/C29H40N4O4S/c1-17-6-9-21(12-17)26(35)32-25(29(3,4)5)28(37)33-15-22(34)13-23(33)27(36)30-14-19-7-10-20(11-8-19)24-18(2)31-16-38-24/h7-8,10-11,16-17,21-23,25,34H,6,9,12-15H2,1-5H3,(H,30,36)(H,32,35). The second-order valence-corrected chi connectivity index (χ2v) is 12.9. The van der Waals surface area contributed by atoms with Gasteiger partial charge < -0.3 is 20.6 Å². The quantitative estimate of drug-likeness (QED) is 0.496. The van der Waals surface area contributed by atoms with Gasteiger partial charge in [-0.3, -0.25) is 14.4 Å². The van der Waals surface area contributed by atoms with E-state index < -0.39 is 23.6 Å². The first-order valence-electron chi connectivity index (χ1n) is 13.5. The molecule has 38 heavy (non-hydrogen) atoms. The summed E-state index contributed by atoms with van der Waals surface area (Å²) in [7, 11) is 0. The fraction of sp³-hybridized carbons (Fsp3) is 0.586. The van der Waals surface area contributed by atoms with Gasteiger partial charge in [0.15, 0.2) is 0 Å². The molecular weight excluding hydrogens is 500 g/mol. The molecule has 0 spiro atoms. The van der Waals surface area contributed by atoms with Crippen LogP contribution in [0.5, 0.6) is 0 Å². The number of hydrogen-bond acceptors (Lipinski definition) is 6. The number of benzene rings is 1. The van der Waals surface area contributed by atoms with Crippen LogP contribution < -0.4 is 10.6 Å². The zero-order valence-corrected chi connectivity index (χ0v) is 23.8. The molecule has 2 fully saturated rings. The number of aryl methyl sites for hydroxylation is 1. The van der Waals surface area contributed by atoms with E-state index in [9.17, 15) is 19.5 Å². The molecule has 206 valence electrons. The van der Waals surface area contributed by atoms with Crippen molar-refractivity contribution in [2.75, 3.05) is 6.54 Å². The number of aromatic nitrogens is 1. The van der Waals surface area contributed by atoms with E-state index in [1.807, 2.05) is 57.5 Å². The number of thiazole rings is 1. The topological polar surface area (TPSA) is 112 Å². The number of likely N-dealkylation sites (tertiary alicyclic amines) is 1. The number of rotatable bonds is 7. The zero-order chi connectivity index (χ0) is 27.6. The predicted octanol–water partition coefficient (Wildman–Crippen LogP) is 3.66. The Morgan fingerprint density at radius 1 is 1.13 bits per heavy atom. The minimum Gasteiger partial charge on any atom is -0.391 e. The van der Waals surface area contributed by atoms with Crippen LogP contribution in [0, 0.1) is 24.2 Å². The van der Waals surface area contributed by atoms with Gasteiger partial charge in [0, 0.05) is 25.4 Å². The maximum absolute atomic E-state index is 13.7. The third kappa shape index (κ3) is 6.43. The van der Waals surface area contributed by atoms with Gasteiger partial charge in [0.25, 0.3) is 0 Å². The van der Waals surface area contributed by atoms with Crippen molar-refractivity contribution >= 4 is 29.1 Å². The fourth-order valence-electron chi connectivity index (χ4n) is 5.49. The third-order valence-corrected chi connectivity index (χ3v) is 8.74. The van der Waals surface area contributed by atoms with Gasteiger partial charge in [0.1, 0.15) is 12.1 Å². The molecule has 2 aromatic rings. The molecule has 8 nitrogen and oxygen atoms in total. The molecule has 3 N–H and O–H groups in total. The molecule has 0 radical (unpaired) electrons. The highest BCUT2D eigenvalue weighted by molar-refractivity contribution is 7.13. The van der Waals surface area contributed by atoms with Gasteiger partial charge in [-0.1, -0.05) is 52.0 Å². The van der Waals surface area contributed by atoms with Crippen molar-refractivity contribution in [2.45, 2.75) is 85.0 Å². The minimum atomic E-state index is -0.788. The molecule has 0 bridgehead atoms. The number of aliphatic hydroxyl groups is 1. The van der Waals surface area contributed by atoms with Crippen molar-refractivity contribution in [3.63, 3.8) is 0 Å². The highest BCUT2D eigenvalue weighted by atomic mass is 32.1. The summed E-state index contributed by atoms with van der Waals surface area (Å²) < 4.78 is 0. The molecule has 1 aromatic carbocycles. The molecule has 5 atom stereocenters. The number of carbonyl (C=O) groups is 3. The molecule has 1 aromatic heterocycles. The van der Waals surface area contributed by atoms with Crippen LogP contribution >= 0.6 is 11.3 Å². The summed E-state index contributed by atoms with van der Waals surface area (Å²) in [5, 5.41) is 16.3. The molecular formula is C29H40N4O4S. The van der Waals surface area contributed by atoms with Crippen LogP contribution in [-0.4, -0.2) is 57.4 Å². The lowest BCUT2D eigenvalue weighted by Crippen LogP contribution is -2.58. The Kier molecular flexibility index (Phi) is 8.57. The van der Waals surface area contributed by atoms with E-state index in [1.54, 1.807) is 11.3 Å². The van der Waals surface area contributed by atoms with Gasteiger partial charge >= 0.3 is 0 Å². The molecule has 3 amide bonds. The number of carbonyl (C=O) groups excluding carboxylic acids is 3. The van der Waals surface area contributed by atoms with Crippen LogP contribution in [0.1, 0.15) is 64.6 Å². The SMILES string of the molecule is Cc1ncsc1-c1ccc(CNC(=O)C2CC(O)CN2C(=O)C(NC(=O)C2CCC(C)C2)C(C)(C)C)cc1.